The standard InChI is InChI=1S/C21H23FN2S/c1-14-12-15(2)19(16(3)13-14)24-11-10-23-20(24)17-8-6-7-9-18(17)21(4,5)25-22/h6-13H,1-5H3. The fourth-order valence-electron chi connectivity index (χ4n) is 3.48. The highest BCUT2D eigenvalue weighted by Crippen LogP contribution is 2.41. The van der Waals surface area contributed by atoms with Gasteiger partial charge in [0.15, 0.2) is 0 Å². The van der Waals surface area contributed by atoms with Crippen molar-refractivity contribution >= 4 is 12.1 Å². The molecule has 0 N–H and O–H groups in total. The van der Waals surface area contributed by atoms with E-state index in [1.807, 2.05) is 44.3 Å². The van der Waals surface area contributed by atoms with Crippen LogP contribution in [0.15, 0.2) is 48.8 Å². The molecule has 1 aromatic heterocycles. The smallest absolute Gasteiger partial charge is 0.144 e. The molecular formula is C21H23FN2S. The molecule has 2 aromatic carbocycles. The number of halogens is 1. The minimum absolute atomic E-state index is 0.365. The van der Waals surface area contributed by atoms with Gasteiger partial charge < -0.3 is 0 Å². The number of aryl methyl sites for hydroxylation is 3. The van der Waals surface area contributed by atoms with Gasteiger partial charge in [-0.25, -0.2) is 4.98 Å². The van der Waals surface area contributed by atoms with E-state index in [-0.39, 0.29) is 0 Å². The van der Waals surface area contributed by atoms with Gasteiger partial charge in [0.2, 0.25) is 0 Å². The summed E-state index contributed by atoms with van der Waals surface area (Å²) in [5.74, 6) is 0.841. The summed E-state index contributed by atoms with van der Waals surface area (Å²) in [6.45, 7) is 10.1. The molecule has 1 heterocycles. The van der Waals surface area contributed by atoms with Crippen LogP contribution in [0.2, 0.25) is 0 Å². The lowest BCUT2D eigenvalue weighted by atomic mass is 9.95. The van der Waals surface area contributed by atoms with E-state index in [1.165, 1.54) is 16.7 Å². The Balaban J connectivity index is 2.24. The SMILES string of the molecule is Cc1cc(C)c(-n2ccnc2-c2ccccc2C(C)(C)SF)c(C)c1. The van der Waals surface area contributed by atoms with Gasteiger partial charge in [0.05, 0.1) is 22.6 Å². The number of hydrogen-bond donors (Lipinski definition) is 0. The van der Waals surface area contributed by atoms with Crippen molar-refractivity contribution in [2.45, 2.75) is 39.4 Å². The quantitative estimate of drug-likeness (QED) is 0.546. The van der Waals surface area contributed by atoms with Crippen molar-refractivity contribution in [2.24, 2.45) is 0 Å². The molecule has 0 radical (unpaired) electrons. The largest absolute Gasteiger partial charge is 0.299 e. The van der Waals surface area contributed by atoms with Gasteiger partial charge >= 0.3 is 0 Å². The molecule has 0 saturated carbocycles. The number of hydrogen-bond acceptors (Lipinski definition) is 2. The maximum absolute atomic E-state index is 13.6. The van der Waals surface area contributed by atoms with Gasteiger partial charge in [-0.05, 0) is 51.3 Å². The molecular weight excluding hydrogens is 331 g/mol. The second-order valence-corrected chi connectivity index (χ2v) is 8.18. The van der Waals surface area contributed by atoms with Gasteiger partial charge in [-0.15, -0.1) is 0 Å². The van der Waals surface area contributed by atoms with Crippen molar-refractivity contribution in [3.05, 3.63) is 71.0 Å². The van der Waals surface area contributed by atoms with Crippen molar-refractivity contribution in [1.29, 1.82) is 0 Å². The van der Waals surface area contributed by atoms with Crippen LogP contribution in [0.4, 0.5) is 3.89 Å². The molecule has 0 fully saturated rings. The van der Waals surface area contributed by atoms with E-state index in [0.29, 0.717) is 12.1 Å². The predicted molar refractivity (Wildman–Crippen MR) is 105 cm³/mol. The summed E-state index contributed by atoms with van der Waals surface area (Å²) in [7, 11) is 0. The Morgan fingerprint density at radius 1 is 1.04 bits per heavy atom. The summed E-state index contributed by atoms with van der Waals surface area (Å²) in [5.41, 5.74) is 6.69. The number of imidazole rings is 1. The molecule has 0 unspecified atom stereocenters. The highest BCUT2D eigenvalue weighted by atomic mass is 32.2. The van der Waals surface area contributed by atoms with Gasteiger partial charge in [-0.1, -0.05) is 42.0 Å². The molecule has 0 atom stereocenters. The zero-order chi connectivity index (χ0) is 18.2. The number of rotatable bonds is 4. The minimum atomic E-state index is -0.634. The average Bonchev–Trinajstić information content (AvgIpc) is 3.03. The first-order valence-electron chi connectivity index (χ1n) is 8.36. The maximum Gasteiger partial charge on any atom is 0.144 e. The third-order valence-corrected chi connectivity index (χ3v) is 5.13. The third kappa shape index (κ3) is 3.23. The zero-order valence-corrected chi connectivity index (χ0v) is 16.1. The minimum Gasteiger partial charge on any atom is -0.299 e. The van der Waals surface area contributed by atoms with E-state index in [0.717, 1.165) is 22.6 Å². The molecule has 4 heteroatoms. The van der Waals surface area contributed by atoms with E-state index in [9.17, 15) is 3.89 Å². The van der Waals surface area contributed by atoms with Crippen molar-refractivity contribution < 1.29 is 3.89 Å². The van der Waals surface area contributed by atoms with E-state index < -0.39 is 4.75 Å². The molecule has 3 aromatic rings. The monoisotopic (exact) mass is 354 g/mol. The van der Waals surface area contributed by atoms with E-state index in [4.69, 9.17) is 0 Å². The fourth-order valence-corrected chi connectivity index (χ4v) is 3.74. The van der Waals surface area contributed by atoms with Crippen LogP contribution < -0.4 is 0 Å². The summed E-state index contributed by atoms with van der Waals surface area (Å²) in [6, 6.07) is 12.3. The van der Waals surface area contributed by atoms with Crippen LogP contribution in [0.1, 0.15) is 36.1 Å². The summed E-state index contributed by atoms with van der Waals surface area (Å²) in [4.78, 5) is 4.61. The molecule has 2 nitrogen and oxygen atoms in total. The Bertz CT molecular complexity index is 889. The number of benzene rings is 2. The molecule has 130 valence electrons. The predicted octanol–water partition coefficient (Wildman–Crippen LogP) is 6.32. The molecule has 0 aliphatic rings. The molecule has 25 heavy (non-hydrogen) atoms. The molecule has 0 amide bonds. The number of aromatic nitrogens is 2. The summed E-state index contributed by atoms with van der Waals surface area (Å²) in [6.07, 6.45) is 3.78. The Hall–Kier alpha value is -2.07. The second-order valence-electron chi connectivity index (χ2n) is 7.00. The summed E-state index contributed by atoms with van der Waals surface area (Å²) in [5, 5.41) is 0. The summed E-state index contributed by atoms with van der Waals surface area (Å²) < 4.78 is 15.0. The first kappa shape index (κ1) is 17.7. The van der Waals surface area contributed by atoms with Gasteiger partial charge in [0, 0.05) is 18.0 Å². The van der Waals surface area contributed by atoms with Gasteiger partial charge in [0.25, 0.3) is 0 Å². The van der Waals surface area contributed by atoms with Crippen LogP contribution in [-0.2, 0) is 4.75 Å². The topological polar surface area (TPSA) is 17.8 Å². The Morgan fingerprint density at radius 3 is 2.32 bits per heavy atom. The maximum atomic E-state index is 13.6. The third-order valence-electron chi connectivity index (χ3n) is 4.53. The first-order valence-corrected chi connectivity index (χ1v) is 9.08. The molecule has 0 aliphatic carbocycles. The fraction of sp³-hybridized carbons (Fsp3) is 0.286. The van der Waals surface area contributed by atoms with Crippen LogP contribution in [0.5, 0.6) is 0 Å². The normalized spacial score (nSPS) is 11.8. The van der Waals surface area contributed by atoms with Gasteiger partial charge in [-0.3, -0.25) is 4.57 Å². The zero-order valence-electron chi connectivity index (χ0n) is 15.3. The van der Waals surface area contributed by atoms with E-state index >= 15 is 0 Å². The first-order chi connectivity index (χ1) is 11.8. The lowest BCUT2D eigenvalue weighted by Crippen LogP contribution is -2.13. The summed E-state index contributed by atoms with van der Waals surface area (Å²) >= 11 is 0.365. The van der Waals surface area contributed by atoms with Crippen LogP contribution in [-0.4, -0.2) is 9.55 Å². The van der Waals surface area contributed by atoms with E-state index in [1.54, 1.807) is 6.20 Å². The van der Waals surface area contributed by atoms with Crippen LogP contribution in [0, 0.1) is 20.8 Å². The van der Waals surface area contributed by atoms with Crippen LogP contribution in [0.3, 0.4) is 0 Å². The Morgan fingerprint density at radius 2 is 1.68 bits per heavy atom. The number of nitrogens with zero attached hydrogens (tertiary/aromatic N) is 2. The average molecular weight is 354 g/mol. The van der Waals surface area contributed by atoms with E-state index in [2.05, 4.69) is 42.5 Å². The second kappa shape index (κ2) is 6.68. The van der Waals surface area contributed by atoms with Crippen molar-refractivity contribution in [2.75, 3.05) is 0 Å². The Kier molecular flexibility index (Phi) is 4.74. The van der Waals surface area contributed by atoms with Crippen molar-refractivity contribution in [1.82, 2.24) is 9.55 Å². The van der Waals surface area contributed by atoms with Crippen LogP contribution in [0.25, 0.3) is 17.1 Å². The highest BCUT2D eigenvalue weighted by molar-refractivity contribution is 7.95. The van der Waals surface area contributed by atoms with Crippen LogP contribution >= 0.6 is 12.1 Å². The molecule has 0 aliphatic heterocycles. The Labute approximate surface area is 153 Å². The van der Waals surface area contributed by atoms with Gasteiger partial charge in [-0.2, -0.15) is 3.89 Å². The molecule has 0 bridgehead atoms. The lowest BCUT2D eigenvalue weighted by molar-refractivity contribution is 0.742. The lowest BCUT2D eigenvalue weighted by Gasteiger charge is -2.23. The van der Waals surface area contributed by atoms with Crippen molar-refractivity contribution in [3.8, 4) is 17.1 Å². The molecule has 0 spiro atoms. The van der Waals surface area contributed by atoms with Gasteiger partial charge in [0.1, 0.15) is 5.82 Å². The van der Waals surface area contributed by atoms with Crippen molar-refractivity contribution in [3.63, 3.8) is 0 Å². The molecule has 0 saturated heterocycles. The highest BCUT2D eigenvalue weighted by Gasteiger charge is 2.27. The molecule has 3 rings (SSSR count).